The fourth-order valence-electron chi connectivity index (χ4n) is 5.18. The van der Waals surface area contributed by atoms with Gasteiger partial charge in [0, 0.05) is 17.6 Å². The van der Waals surface area contributed by atoms with E-state index >= 15 is 0 Å². The van der Waals surface area contributed by atoms with Crippen molar-refractivity contribution in [2.24, 2.45) is 0 Å². The molecule has 1 saturated heterocycles. The molecule has 0 saturated carbocycles. The van der Waals surface area contributed by atoms with Crippen molar-refractivity contribution in [2.75, 3.05) is 11.5 Å². The molecule has 1 fully saturated rings. The van der Waals surface area contributed by atoms with E-state index < -0.39 is 81.9 Å². The second-order valence-corrected chi connectivity index (χ2v) is 12.8. The number of aromatic nitrogens is 4. The molecule has 0 bridgehead atoms. The number of thioether (sulfide) groups is 2. The Bertz CT molecular complexity index is 2180. The molecule has 2 aliphatic rings. The van der Waals surface area contributed by atoms with Gasteiger partial charge in [-0.25, -0.2) is 4.68 Å². The molecule has 0 radical (unpaired) electrons. The maximum atomic E-state index is 13.7. The number of aromatic hydroxyl groups is 3. The number of nitrogens with one attached hydrogen (secondary N) is 2. The maximum Gasteiger partial charge on any atom is 1.00 e. The number of benzene rings is 2. The molecule has 6 rings (SSSR count). The fraction of sp³-hybridized carbons (Fsp3) is 0.207. The van der Waals surface area contributed by atoms with Crippen LogP contribution < -0.4 is 85.4 Å². The molecule has 258 valence electrons. The Morgan fingerprint density at radius 3 is 2.42 bits per heavy atom. The first-order chi connectivity index (χ1) is 23.8. The van der Waals surface area contributed by atoms with Crippen molar-refractivity contribution < 1.29 is 113 Å². The van der Waals surface area contributed by atoms with Crippen LogP contribution in [0.2, 0.25) is 0 Å². The SMILES string of the molecule is O=C([O-])Cn1nnnc1SCC1=C(C(=O)[O-])N2C(=O)C(NC(=O)C(NC(=O)c3coc4cc(O)c(O)cc4c3=O)c3ccc(O)cc3)C2SC1.[Na+].[Na+]. The quantitative estimate of drug-likeness (QED) is 0.0410. The van der Waals surface area contributed by atoms with Crippen molar-refractivity contribution in [3.05, 3.63) is 75.3 Å². The third kappa shape index (κ3) is 8.10. The summed E-state index contributed by atoms with van der Waals surface area (Å²) >= 11 is 2.05. The second kappa shape index (κ2) is 16.7. The number of fused-ring (bicyclic) bond motifs is 2. The summed E-state index contributed by atoms with van der Waals surface area (Å²) in [5, 5.41) is 67.0. The summed E-state index contributed by atoms with van der Waals surface area (Å²) < 4.78 is 6.24. The predicted octanol–water partition coefficient (Wildman–Crippen LogP) is -8.68. The van der Waals surface area contributed by atoms with Crippen molar-refractivity contribution in [2.45, 2.75) is 29.2 Å². The number of hydrogen-bond donors (Lipinski definition) is 5. The number of carbonyl (C=O) groups is 5. The zero-order valence-corrected chi connectivity index (χ0v) is 32.6. The van der Waals surface area contributed by atoms with Crippen LogP contribution in [0.3, 0.4) is 0 Å². The summed E-state index contributed by atoms with van der Waals surface area (Å²) in [6.45, 7) is -0.637. The van der Waals surface area contributed by atoms with E-state index in [0.29, 0.717) is 0 Å². The number of carbonyl (C=O) groups excluding carboxylic acids is 5. The van der Waals surface area contributed by atoms with Crippen LogP contribution in [-0.4, -0.2) is 93.0 Å². The van der Waals surface area contributed by atoms with Crippen molar-refractivity contribution in [1.29, 1.82) is 0 Å². The van der Waals surface area contributed by atoms with Crippen molar-refractivity contribution in [1.82, 2.24) is 35.7 Å². The number of carboxylic acid groups (broad SMARTS) is 2. The van der Waals surface area contributed by atoms with Crippen LogP contribution in [0.4, 0.5) is 0 Å². The van der Waals surface area contributed by atoms with Crippen LogP contribution in [0.15, 0.2) is 68.3 Å². The molecule has 2 aliphatic heterocycles. The summed E-state index contributed by atoms with van der Waals surface area (Å²) in [6.07, 6.45) is 0.807. The number of β-lactam (4-membered cyclic amide) rings is 1. The molecule has 19 nitrogen and oxygen atoms in total. The average molecular weight is 770 g/mol. The van der Waals surface area contributed by atoms with E-state index in [-0.39, 0.29) is 104 Å². The Balaban J connectivity index is 0.00000302. The van der Waals surface area contributed by atoms with Gasteiger partial charge < -0.3 is 50.2 Å². The fourth-order valence-corrected chi connectivity index (χ4v) is 7.54. The van der Waals surface area contributed by atoms with Crippen LogP contribution in [0.1, 0.15) is 22.0 Å². The molecule has 2 aromatic heterocycles. The Morgan fingerprint density at radius 1 is 1.06 bits per heavy atom. The van der Waals surface area contributed by atoms with Crippen LogP contribution >= 0.6 is 23.5 Å². The molecule has 52 heavy (non-hydrogen) atoms. The summed E-state index contributed by atoms with van der Waals surface area (Å²) in [6, 6.07) is 4.21. The number of hydrogen-bond acceptors (Lipinski definition) is 17. The van der Waals surface area contributed by atoms with E-state index in [9.17, 15) is 54.3 Å². The zero-order valence-electron chi connectivity index (χ0n) is 27.0. The number of aliphatic carboxylic acids is 2. The Hall–Kier alpha value is -4.09. The molecule has 23 heteroatoms. The van der Waals surface area contributed by atoms with Gasteiger partial charge in [0.2, 0.25) is 16.5 Å². The van der Waals surface area contributed by atoms with Gasteiger partial charge in [0.15, 0.2) is 11.5 Å². The smallest absolute Gasteiger partial charge is 0.548 e. The van der Waals surface area contributed by atoms with Gasteiger partial charge in [0.05, 0.1) is 29.6 Å². The first-order valence-corrected chi connectivity index (χ1v) is 16.2. The molecule has 3 atom stereocenters. The molecule has 3 unspecified atom stereocenters. The Labute approximate surface area is 343 Å². The van der Waals surface area contributed by atoms with Crippen molar-refractivity contribution in [3.63, 3.8) is 0 Å². The first-order valence-electron chi connectivity index (χ1n) is 14.2. The third-order valence-corrected chi connectivity index (χ3v) is 9.95. The summed E-state index contributed by atoms with van der Waals surface area (Å²) in [4.78, 5) is 77.5. The van der Waals surface area contributed by atoms with E-state index in [1.165, 1.54) is 24.3 Å². The van der Waals surface area contributed by atoms with Crippen molar-refractivity contribution in [3.8, 4) is 17.2 Å². The van der Waals surface area contributed by atoms with Crippen LogP contribution in [0, 0.1) is 0 Å². The Morgan fingerprint density at radius 2 is 1.75 bits per heavy atom. The molecule has 2 aromatic carbocycles. The minimum absolute atomic E-state index is 0. The molecule has 3 amide bonds. The van der Waals surface area contributed by atoms with E-state index in [4.69, 9.17) is 4.42 Å². The predicted molar refractivity (Wildman–Crippen MR) is 165 cm³/mol. The third-order valence-electron chi connectivity index (χ3n) is 7.57. The second-order valence-electron chi connectivity index (χ2n) is 10.7. The van der Waals surface area contributed by atoms with Gasteiger partial charge >= 0.3 is 59.1 Å². The number of carboxylic acids is 2. The average Bonchev–Trinajstić information content (AvgIpc) is 3.51. The molecular formula is C29H21N7Na2O12S2. The minimum Gasteiger partial charge on any atom is -0.548 e. The van der Waals surface area contributed by atoms with Gasteiger partial charge in [0.25, 0.3) is 11.8 Å². The normalized spacial score (nSPS) is 16.8. The van der Waals surface area contributed by atoms with Crippen LogP contribution in [-0.2, 0) is 25.7 Å². The minimum atomic E-state index is -1.66. The van der Waals surface area contributed by atoms with E-state index in [1.54, 1.807) is 0 Å². The number of phenols is 3. The molecule has 4 heterocycles. The van der Waals surface area contributed by atoms with Gasteiger partial charge in [0.1, 0.15) is 40.6 Å². The molecular weight excluding hydrogens is 748 g/mol. The van der Waals surface area contributed by atoms with Crippen molar-refractivity contribution >= 4 is 64.2 Å². The number of nitrogens with zero attached hydrogens (tertiary/aromatic N) is 5. The van der Waals surface area contributed by atoms with Crippen LogP contribution in [0.25, 0.3) is 11.0 Å². The van der Waals surface area contributed by atoms with E-state index in [0.717, 1.165) is 51.5 Å². The molecule has 4 aromatic rings. The summed E-state index contributed by atoms with van der Waals surface area (Å²) in [5.74, 6) is -7.24. The number of amides is 3. The number of phenolic OH excluding ortho intramolecular Hbond substituents is 3. The number of tetrazole rings is 1. The monoisotopic (exact) mass is 769 g/mol. The largest absolute Gasteiger partial charge is 1.00 e. The van der Waals surface area contributed by atoms with Gasteiger partial charge in [-0.1, -0.05) is 23.9 Å². The zero-order chi connectivity index (χ0) is 35.9. The van der Waals surface area contributed by atoms with E-state index in [2.05, 4.69) is 26.2 Å². The van der Waals surface area contributed by atoms with E-state index in [1.807, 2.05) is 0 Å². The molecule has 5 N–H and O–H groups in total. The summed E-state index contributed by atoms with van der Waals surface area (Å²) in [5.41, 5.74) is -1.62. The van der Waals surface area contributed by atoms with Gasteiger partial charge in [-0.05, 0) is 39.8 Å². The topological polar surface area (TPSA) is 293 Å². The number of rotatable bonds is 11. The van der Waals surface area contributed by atoms with Gasteiger partial charge in [-0.15, -0.1) is 16.9 Å². The Kier molecular flexibility index (Phi) is 13.1. The maximum absolute atomic E-state index is 13.7. The van der Waals surface area contributed by atoms with Gasteiger partial charge in [-0.2, -0.15) is 0 Å². The van der Waals surface area contributed by atoms with Crippen LogP contribution in [0.5, 0.6) is 17.2 Å². The molecule has 0 aliphatic carbocycles. The summed E-state index contributed by atoms with van der Waals surface area (Å²) in [7, 11) is 0. The first kappa shape index (κ1) is 40.7. The molecule has 0 spiro atoms. The standard InChI is InChI=1S/C29H23N7O12S2.2Na/c37-13-3-1-11(2-4-13)20(30-24(43)15-8-48-18-6-17(39)16(38)5-14(18)23(15)42)25(44)31-21-26(45)36-22(28(46)47)12(9-49-27(21)36)10-50-29-32-33-34-35(29)7-19(40)41;;/h1-6,8,20-21,27,37-39H,7,9-10H2,(H,30,43)(H,31,44)(H,40,41)(H,46,47);;/q;2*+1/p-2. The van der Waals surface area contributed by atoms with Gasteiger partial charge in [-0.3, -0.25) is 24.1 Å².